The van der Waals surface area contributed by atoms with E-state index in [1.807, 2.05) is 19.1 Å². The van der Waals surface area contributed by atoms with E-state index in [2.05, 4.69) is 26.0 Å². The first-order chi connectivity index (χ1) is 6.22. The molecular weight excluding hydrogens is 160 g/mol. The second-order valence-electron chi connectivity index (χ2n) is 3.38. The summed E-state index contributed by atoms with van der Waals surface area (Å²) >= 11 is 0. The van der Waals surface area contributed by atoms with Crippen molar-refractivity contribution < 1.29 is 0 Å². The molecule has 0 saturated heterocycles. The molecule has 0 saturated carbocycles. The van der Waals surface area contributed by atoms with Gasteiger partial charge in [0.15, 0.2) is 0 Å². The molecule has 1 aliphatic heterocycles. The fourth-order valence-electron chi connectivity index (χ4n) is 1.63. The fraction of sp³-hybridized carbons (Fsp3) is 0.250. The number of rotatable bonds is 0. The average molecular weight is 173 g/mol. The van der Waals surface area contributed by atoms with Crippen molar-refractivity contribution in [3.63, 3.8) is 0 Å². The van der Waals surface area contributed by atoms with Crippen LogP contribution in [-0.2, 0) is 0 Å². The highest BCUT2D eigenvalue weighted by atomic mass is 16.4. The van der Waals surface area contributed by atoms with Gasteiger partial charge in [0.1, 0.15) is 0 Å². The molecular formula is C12H13O+. The van der Waals surface area contributed by atoms with E-state index in [4.69, 9.17) is 4.42 Å². The van der Waals surface area contributed by atoms with Crippen LogP contribution in [0, 0.1) is 6.92 Å². The van der Waals surface area contributed by atoms with Gasteiger partial charge >= 0.3 is 11.2 Å². The summed E-state index contributed by atoms with van der Waals surface area (Å²) in [5.41, 5.74) is 3.50. The molecule has 0 atom stereocenters. The fourth-order valence-corrected chi connectivity index (χ4v) is 1.63. The van der Waals surface area contributed by atoms with Gasteiger partial charge in [-0.3, -0.25) is 0 Å². The van der Waals surface area contributed by atoms with Gasteiger partial charge in [0.05, 0.1) is 10.8 Å². The van der Waals surface area contributed by atoms with E-state index in [-0.39, 0.29) is 0 Å². The normalized spacial score (nSPS) is 17.5. The van der Waals surface area contributed by atoms with Crippen LogP contribution in [0.25, 0.3) is 5.57 Å². The van der Waals surface area contributed by atoms with Crippen molar-refractivity contribution in [2.24, 2.45) is 0 Å². The lowest BCUT2D eigenvalue weighted by molar-refractivity contribution is 1.39. The van der Waals surface area contributed by atoms with Crippen molar-refractivity contribution in [3.05, 3.63) is 50.7 Å². The van der Waals surface area contributed by atoms with Gasteiger partial charge in [-0.05, 0) is 38.5 Å². The molecule has 0 fully saturated rings. The molecule has 66 valence electrons. The molecule has 1 heteroatoms. The van der Waals surface area contributed by atoms with Crippen molar-refractivity contribution in [3.8, 4) is 0 Å². The summed E-state index contributed by atoms with van der Waals surface area (Å²) in [4.78, 5) is 0. The Morgan fingerprint density at radius 2 is 2.00 bits per heavy atom. The molecule has 1 aliphatic rings. The molecule has 0 radical (unpaired) electrons. The van der Waals surface area contributed by atoms with Crippen LogP contribution in [0.3, 0.4) is 0 Å². The standard InChI is InChI=1S/C12H13O/c1-4-11-9(3)10-7-8(2)5-6-12(10)13-11/h4-7H,1-3H3/q+1. The molecule has 0 amide bonds. The molecule has 13 heavy (non-hydrogen) atoms. The van der Waals surface area contributed by atoms with Crippen molar-refractivity contribution in [1.82, 2.24) is 0 Å². The Hall–Kier alpha value is -1.37. The lowest BCUT2D eigenvalue weighted by Crippen LogP contribution is -2.22. The SMILES string of the molecule is CC=C1[O+]=c2ccc(C)cc2=C1C. The summed E-state index contributed by atoms with van der Waals surface area (Å²) in [5, 5.41) is 1.23. The van der Waals surface area contributed by atoms with Crippen LogP contribution in [0.1, 0.15) is 19.4 Å². The first-order valence-electron chi connectivity index (χ1n) is 4.51. The number of benzene rings is 1. The summed E-state index contributed by atoms with van der Waals surface area (Å²) in [6.45, 7) is 6.19. The topological polar surface area (TPSA) is 11.3 Å². The molecule has 0 bridgehead atoms. The zero-order chi connectivity index (χ0) is 9.42. The molecule has 0 aliphatic carbocycles. The maximum absolute atomic E-state index is 5.65. The van der Waals surface area contributed by atoms with Gasteiger partial charge in [-0.15, -0.1) is 0 Å². The number of hydrogen-bond donors (Lipinski definition) is 0. The predicted octanol–water partition coefficient (Wildman–Crippen LogP) is 1.70. The van der Waals surface area contributed by atoms with Gasteiger partial charge < -0.3 is 0 Å². The van der Waals surface area contributed by atoms with Crippen LogP contribution < -0.4 is 10.6 Å². The Bertz CT molecular complexity index is 492. The third-order valence-corrected chi connectivity index (χ3v) is 2.39. The highest BCUT2D eigenvalue weighted by Gasteiger charge is 2.20. The Morgan fingerprint density at radius 3 is 2.69 bits per heavy atom. The summed E-state index contributed by atoms with van der Waals surface area (Å²) in [5.74, 6) is 0.987. The van der Waals surface area contributed by atoms with Gasteiger partial charge in [-0.1, -0.05) is 0 Å². The van der Waals surface area contributed by atoms with Gasteiger partial charge in [-0.25, -0.2) is 4.42 Å². The van der Waals surface area contributed by atoms with Gasteiger partial charge in [-0.2, -0.15) is 0 Å². The molecule has 0 N–H and O–H groups in total. The van der Waals surface area contributed by atoms with E-state index in [0.717, 1.165) is 11.2 Å². The molecule has 1 aromatic carbocycles. The third-order valence-electron chi connectivity index (χ3n) is 2.39. The summed E-state index contributed by atoms with van der Waals surface area (Å²) in [6.07, 6.45) is 2.00. The molecule has 1 heterocycles. The highest BCUT2D eigenvalue weighted by molar-refractivity contribution is 5.67. The van der Waals surface area contributed by atoms with Crippen LogP contribution in [0.2, 0.25) is 0 Å². The van der Waals surface area contributed by atoms with E-state index in [0.29, 0.717) is 0 Å². The van der Waals surface area contributed by atoms with Gasteiger partial charge in [0, 0.05) is 12.1 Å². The molecule has 0 aromatic heterocycles. The molecule has 0 spiro atoms. The van der Waals surface area contributed by atoms with Crippen LogP contribution >= 0.6 is 0 Å². The van der Waals surface area contributed by atoms with Crippen molar-refractivity contribution in [1.29, 1.82) is 0 Å². The lowest BCUT2D eigenvalue weighted by Gasteiger charge is -1.84. The molecule has 2 rings (SSSR count). The largest absolute Gasteiger partial charge is 0.361 e. The second kappa shape index (κ2) is 2.84. The van der Waals surface area contributed by atoms with Crippen LogP contribution in [-0.4, -0.2) is 0 Å². The first kappa shape index (κ1) is 8.24. The van der Waals surface area contributed by atoms with Crippen LogP contribution in [0.4, 0.5) is 0 Å². The van der Waals surface area contributed by atoms with Crippen LogP contribution in [0.5, 0.6) is 0 Å². The Balaban J connectivity index is 2.88. The summed E-state index contributed by atoms with van der Waals surface area (Å²) in [7, 11) is 0. The minimum Gasteiger partial charge on any atom is -0.208 e. The van der Waals surface area contributed by atoms with Crippen molar-refractivity contribution in [2.45, 2.75) is 20.8 Å². The summed E-state index contributed by atoms with van der Waals surface area (Å²) < 4.78 is 5.65. The Labute approximate surface area is 77.7 Å². The number of allylic oxidation sites excluding steroid dienone is 2. The Kier molecular flexibility index (Phi) is 1.80. The summed E-state index contributed by atoms with van der Waals surface area (Å²) in [6, 6.07) is 6.27. The minimum absolute atomic E-state index is 0.983. The van der Waals surface area contributed by atoms with Crippen molar-refractivity contribution >= 4 is 5.57 Å². The maximum Gasteiger partial charge on any atom is 0.361 e. The number of aryl methyl sites for hydroxylation is 1. The van der Waals surface area contributed by atoms with Gasteiger partial charge in [0.2, 0.25) is 0 Å². The molecule has 0 unspecified atom stereocenters. The smallest absolute Gasteiger partial charge is 0.208 e. The predicted molar refractivity (Wildman–Crippen MR) is 55.5 cm³/mol. The number of fused-ring (bicyclic) bond motifs is 1. The molecule has 1 nitrogen and oxygen atoms in total. The van der Waals surface area contributed by atoms with E-state index in [1.54, 1.807) is 0 Å². The van der Waals surface area contributed by atoms with E-state index in [9.17, 15) is 0 Å². The quantitative estimate of drug-likeness (QED) is 0.529. The minimum atomic E-state index is 0.983. The number of hydrogen-bond acceptors (Lipinski definition) is 0. The monoisotopic (exact) mass is 173 g/mol. The van der Waals surface area contributed by atoms with Crippen LogP contribution in [0.15, 0.2) is 34.5 Å². The van der Waals surface area contributed by atoms with Crippen molar-refractivity contribution in [2.75, 3.05) is 0 Å². The lowest BCUT2D eigenvalue weighted by atomic mass is 10.1. The van der Waals surface area contributed by atoms with E-state index in [1.165, 1.54) is 16.4 Å². The molecule has 1 aromatic rings. The van der Waals surface area contributed by atoms with E-state index >= 15 is 0 Å². The van der Waals surface area contributed by atoms with E-state index < -0.39 is 0 Å². The average Bonchev–Trinajstić information content (AvgIpc) is 2.44. The second-order valence-corrected chi connectivity index (χ2v) is 3.38. The highest BCUT2D eigenvalue weighted by Crippen LogP contribution is 2.11. The zero-order valence-corrected chi connectivity index (χ0v) is 8.22. The zero-order valence-electron chi connectivity index (χ0n) is 8.22. The first-order valence-corrected chi connectivity index (χ1v) is 4.51. The Morgan fingerprint density at radius 1 is 1.23 bits per heavy atom. The van der Waals surface area contributed by atoms with Gasteiger partial charge in [0.25, 0.3) is 0 Å². The maximum atomic E-state index is 5.65. The third kappa shape index (κ3) is 1.21.